The van der Waals surface area contributed by atoms with Crippen LogP contribution in [0.15, 0.2) is 48.5 Å². The standard InChI is InChI=1S/C17H15Cl2NO4/c1-11(24-13-5-3-2-4-6-13)17(22)23-10-16(21)20-15-8-7-12(18)9-14(15)19/h2-9,11H,10H2,1H3,(H,20,21)/t11-/m0/s1. The Labute approximate surface area is 149 Å². The van der Waals surface area contributed by atoms with Crippen LogP contribution in [0.3, 0.4) is 0 Å². The Hall–Kier alpha value is -2.24. The van der Waals surface area contributed by atoms with Gasteiger partial charge < -0.3 is 14.8 Å². The van der Waals surface area contributed by atoms with Gasteiger partial charge in [0, 0.05) is 5.02 Å². The molecule has 24 heavy (non-hydrogen) atoms. The third-order valence-electron chi connectivity index (χ3n) is 2.94. The van der Waals surface area contributed by atoms with Gasteiger partial charge in [-0.1, -0.05) is 41.4 Å². The Balaban J connectivity index is 1.81. The summed E-state index contributed by atoms with van der Waals surface area (Å²) in [6.07, 6.45) is -0.834. The molecule has 0 aliphatic rings. The molecule has 0 saturated carbocycles. The van der Waals surface area contributed by atoms with Gasteiger partial charge in [-0.2, -0.15) is 0 Å². The maximum absolute atomic E-state index is 11.8. The Morgan fingerprint density at radius 3 is 2.50 bits per heavy atom. The summed E-state index contributed by atoms with van der Waals surface area (Å²) in [5.74, 6) is -0.616. The zero-order chi connectivity index (χ0) is 17.5. The van der Waals surface area contributed by atoms with Crippen molar-refractivity contribution in [3.8, 4) is 5.75 Å². The number of para-hydroxylation sites is 1. The van der Waals surface area contributed by atoms with Gasteiger partial charge >= 0.3 is 5.97 Å². The Kier molecular flexibility index (Phi) is 6.46. The molecule has 0 spiro atoms. The second-order valence-corrected chi connectivity index (χ2v) is 5.70. The van der Waals surface area contributed by atoms with Gasteiger partial charge in [-0.25, -0.2) is 4.79 Å². The number of carbonyl (C=O) groups excluding carboxylic acids is 2. The van der Waals surface area contributed by atoms with Crippen LogP contribution in [0.4, 0.5) is 5.69 Å². The van der Waals surface area contributed by atoms with Crippen molar-refractivity contribution in [1.29, 1.82) is 0 Å². The number of esters is 1. The van der Waals surface area contributed by atoms with Crippen LogP contribution in [0.1, 0.15) is 6.92 Å². The summed E-state index contributed by atoms with van der Waals surface area (Å²) in [7, 11) is 0. The highest BCUT2D eigenvalue weighted by Crippen LogP contribution is 2.25. The zero-order valence-corrected chi connectivity index (χ0v) is 14.3. The normalized spacial score (nSPS) is 11.5. The molecule has 1 amide bonds. The number of nitrogens with one attached hydrogen (secondary N) is 1. The highest BCUT2D eigenvalue weighted by atomic mass is 35.5. The summed E-state index contributed by atoms with van der Waals surface area (Å²) in [6.45, 7) is 1.10. The predicted molar refractivity (Wildman–Crippen MR) is 92.6 cm³/mol. The lowest BCUT2D eigenvalue weighted by Gasteiger charge is -2.14. The van der Waals surface area contributed by atoms with Crippen molar-refractivity contribution in [3.05, 3.63) is 58.6 Å². The number of carbonyl (C=O) groups is 2. The summed E-state index contributed by atoms with van der Waals surface area (Å²) in [5, 5.41) is 3.28. The van der Waals surface area contributed by atoms with E-state index in [1.54, 1.807) is 43.3 Å². The minimum atomic E-state index is -0.834. The first kappa shape index (κ1) is 18.1. The first-order chi connectivity index (χ1) is 11.5. The van der Waals surface area contributed by atoms with Crippen molar-refractivity contribution in [2.45, 2.75) is 13.0 Å². The number of rotatable bonds is 6. The number of ether oxygens (including phenoxy) is 2. The molecule has 0 radical (unpaired) electrons. The molecule has 0 fully saturated rings. The van der Waals surface area contributed by atoms with Crippen LogP contribution in [0.5, 0.6) is 5.75 Å². The minimum Gasteiger partial charge on any atom is -0.479 e. The van der Waals surface area contributed by atoms with E-state index >= 15 is 0 Å². The van der Waals surface area contributed by atoms with Gasteiger partial charge in [0.25, 0.3) is 5.91 Å². The van der Waals surface area contributed by atoms with E-state index in [2.05, 4.69) is 5.32 Å². The lowest BCUT2D eigenvalue weighted by Crippen LogP contribution is -2.29. The lowest BCUT2D eigenvalue weighted by molar-refractivity contribution is -0.153. The van der Waals surface area contributed by atoms with Gasteiger partial charge in [0.05, 0.1) is 10.7 Å². The number of amides is 1. The fourth-order valence-electron chi connectivity index (χ4n) is 1.78. The van der Waals surface area contributed by atoms with Gasteiger partial charge in [0.15, 0.2) is 12.7 Å². The predicted octanol–water partition coefficient (Wildman–Crippen LogP) is 3.94. The first-order valence-electron chi connectivity index (χ1n) is 7.09. The summed E-state index contributed by atoms with van der Waals surface area (Å²) in [5.41, 5.74) is 0.385. The molecule has 0 aromatic heterocycles. The van der Waals surface area contributed by atoms with Crippen molar-refractivity contribution in [1.82, 2.24) is 0 Å². The topological polar surface area (TPSA) is 64.6 Å². The van der Waals surface area contributed by atoms with Gasteiger partial charge in [0.1, 0.15) is 5.75 Å². The van der Waals surface area contributed by atoms with E-state index < -0.39 is 24.6 Å². The summed E-state index contributed by atoms with van der Waals surface area (Å²) in [6, 6.07) is 13.5. The maximum atomic E-state index is 11.8. The molecule has 0 aliphatic carbocycles. The van der Waals surface area contributed by atoms with Gasteiger partial charge in [0.2, 0.25) is 0 Å². The number of hydrogen-bond donors (Lipinski definition) is 1. The first-order valence-corrected chi connectivity index (χ1v) is 7.84. The molecule has 0 bridgehead atoms. The largest absolute Gasteiger partial charge is 0.479 e. The summed E-state index contributed by atoms with van der Waals surface area (Å²) >= 11 is 11.7. The SMILES string of the molecule is C[C@H](Oc1ccccc1)C(=O)OCC(=O)Nc1ccc(Cl)cc1Cl. The van der Waals surface area contributed by atoms with Crippen LogP contribution in [0.25, 0.3) is 0 Å². The molecule has 0 heterocycles. The van der Waals surface area contributed by atoms with Gasteiger partial charge in [-0.15, -0.1) is 0 Å². The van der Waals surface area contributed by atoms with E-state index in [0.717, 1.165) is 0 Å². The highest BCUT2D eigenvalue weighted by molar-refractivity contribution is 6.36. The van der Waals surface area contributed by atoms with Crippen molar-refractivity contribution in [2.24, 2.45) is 0 Å². The number of halogens is 2. The summed E-state index contributed by atoms with van der Waals surface area (Å²) in [4.78, 5) is 23.7. The van der Waals surface area contributed by atoms with Crippen LogP contribution in [-0.2, 0) is 14.3 Å². The second-order valence-electron chi connectivity index (χ2n) is 4.85. The maximum Gasteiger partial charge on any atom is 0.347 e. The third-order valence-corrected chi connectivity index (χ3v) is 3.49. The van der Waals surface area contributed by atoms with E-state index in [1.807, 2.05) is 6.07 Å². The smallest absolute Gasteiger partial charge is 0.347 e. The molecule has 0 saturated heterocycles. The van der Waals surface area contributed by atoms with Crippen LogP contribution < -0.4 is 10.1 Å². The second kappa shape index (κ2) is 8.57. The van der Waals surface area contributed by atoms with E-state index in [4.69, 9.17) is 32.7 Å². The quantitative estimate of drug-likeness (QED) is 0.785. The molecule has 126 valence electrons. The van der Waals surface area contributed by atoms with Crippen LogP contribution >= 0.6 is 23.2 Å². The van der Waals surface area contributed by atoms with Crippen LogP contribution in [0, 0.1) is 0 Å². The zero-order valence-electron chi connectivity index (χ0n) is 12.8. The third kappa shape index (κ3) is 5.44. The molecule has 0 unspecified atom stereocenters. The fraction of sp³-hybridized carbons (Fsp3) is 0.176. The average Bonchev–Trinajstić information content (AvgIpc) is 2.56. The van der Waals surface area contributed by atoms with E-state index in [-0.39, 0.29) is 0 Å². The number of anilines is 1. The van der Waals surface area contributed by atoms with E-state index in [9.17, 15) is 9.59 Å². The van der Waals surface area contributed by atoms with Gasteiger partial charge in [-0.3, -0.25) is 4.79 Å². The molecule has 1 atom stereocenters. The lowest BCUT2D eigenvalue weighted by atomic mass is 10.3. The molecule has 2 aromatic carbocycles. The van der Waals surface area contributed by atoms with E-state index in [1.165, 1.54) is 6.07 Å². The van der Waals surface area contributed by atoms with Crippen molar-refractivity contribution in [3.63, 3.8) is 0 Å². The molecule has 2 aromatic rings. The Morgan fingerprint density at radius 2 is 1.83 bits per heavy atom. The average molecular weight is 368 g/mol. The molecule has 7 heteroatoms. The monoisotopic (exact) mass is 367 g/mol. The highest BCUT2D eigenvalue weighted by Gasteiger charge is 2.18. The fourth-order valence-corrected chi connectivity index (χ4v) is 2.24. The molecule has 5 nitrogen and oxygen atoms in total. The van der Waals surface area contributed by atoms with Crippen molar-refractivity contribution in [2.75, 3.05) is 11.9 Å². The molecule has 1 N–H and O–H groups in total. The molecular weight excluding hydrogens is 353 g/mol. The number of benzene rings is 2. The molecular formula is C17H15Cl2NO4. The van der Waals surface area contributed by atoms with Crippen molar-refractivity contribution >= 4 is 40.8 Å². The Bertz CT molecular complexity index is 722. The van der Waals surface area contributed by atoms with E-state index in [0.29, 0.717) is 21.5 Å². The van der Waals surface area contributed by atoms with Crippen LogP contribution in [0.2, 0.25) is 10.0 Å². The van der Waals surface area contributed by atoms with Crippen molar-refractivity contribution < 1.29 is 19.1 Å². The molecule has 0 aliphatic heterocycles. The Morgan fingerprint density at radius 1 is 1.12 bits per heavy atom. The van der Waals surface area contributed by atoms with Crippen LogP contribution in [-0.4, -0.2) is 24.6 Å². The summed E-state index contributed by atoms with van der Waals surface area (Å²) < 4.78 is 10.3. The van der Waals surface area contributed by atoms with Gasteiger partial charge in [-0.05, 0) is 37.3 Å². The number of hydrogen-bond acceptors (Lipinski definition) is 4. The molecule has 2 rings (SSSR count). The minimum absolute atomic E-state index is 0.294.